The molecule has 0 bridgehead atoms. The summed E-state index contributed by atoms with van der Waals surface area (Å²) in [5.74, 6) is -1.67. The summed E-state index contributed by atoms with van der Waals surface area (Å²) in [7, 11) is 0. The number of amides is 4. The van der Waals surface area contributed by atoms with Gasteiger partial charge in [0.2, 0.25) is 0 Å². The van der Waals surface area contributed by atoms with Gasteiger partial charge in [0, 0.05) is 4.70 Å². The van der Waals surface area contributed by atoms with Gasteiger partial charge in [-0.15, -0.1) is 11.3 Å². The molecule has 0 radical (unpaired) electrons. The summed E-state index contributed by atoms with van der Waals surface area (Å²) in [5, 5.41) is 4.04. The van der Waals surface area contributed by atoms with Crippen molar-refractivity contribution in [1.29, 1.82) is 0 Å². The summed E-state index contributed by atoms with van der Waals surface area (Å²) in [6.45, 7) is 0. The maximum Gasteiger partial charge on any atom is 0.344 e. The van der Waals surface area contributed by atoms with E-state index < -0.39 is 29.2 Å². The van der Waals surface area contributed by atoms with Gasteiger partial charge in [-0.2, -0.15) is 5.01 Å². The molecule has 1 aromatic heterocycles. The Labute approximate surface area is 186 Å². The molecule has 32 heavy (non-hydrogen) atoms. The summed E-state index contributed by atoms with van der Waals surface area (Å²) < 4.78 is 14.2. The Morgan fingerprint density at radius 1 is 0.906 bits per heavy atom. The zero-order chi connectivity index (χ0) is 22.3. The lowest BCUT2D eigenvalue weighted by Gasteiger charge is -2.27. The number of hydrogen-bond acceptors (Lipinski definition) is 4. The van der Waals surface area contributed by atoms with E-state index in [2.05, 4.69) is 10.7 Å². The molecule has 5 rings (SSSR count). The van der Waals surface area contributed by atoms with Gasteiger partial charge >= 0.3 is 6.03 Å². The Balaban J connectivity index is 1.51. The summed E-state index contributed by atoms with van der Waals surface area (Å²) in [6.07, 6.45) is 0. The average molecular weight is 445 g/mol. The molecule has 1 fully saturated rings. The molecule has 0 atom stereocenters. The van der Waals surface area contributed by atoms with E-state index in [1.807, 2.05) is 12.1 Å². The molecule has 158 valence electrons. The number of hydrazine groups is 1. The number of nitrogens with one attached hydrogen (secondary N) is 2. The molecule has 0 unspecified atom stereocenters. The number of benzene rings is 3. The lowest BCUT2D eigenvalue weighted by Crippen LogP contribution is -2.49. The van der Waals surface area contributed by atoms with Crippen LogP contribution in [0.1, 0.15) is 20.8 Å². The van der Waals surface area contributed by atoms with Crippen molar-refractivity contribution in [3.05, 3.63) is 107 Å². The molecule has 3 aromatic carbocycles. The number of fused-ring (bicyclic) bond motifs is 1. The van der Waals surface area contributed by atoms with Crippen LogP contribution in [0.2, 0.25) is 0 Å². The van der Waals surface area contributed by atoms with Crippen LogP contribution in [0.25, 0.3) is 10.1 Å². The maximum absolute atomic E-state index is 13.6. The van der Waals surface area contributed by atoms with E-state index in [0.29, 0.717) is 21.5 Å². The predicted molar refractivity (Wildman–Crippen MR) is 118 cm³/mol. The first kappa shape index (κ1) is 19.9. The van der Waals surface area contributed by atoms with Crippen LogP contribution in [0.4, 0.5) is 9.18 Å². The van der Waals surface area contributed by atoms with Gasteiger partial charge in [0.05, 0.1) is 4.88 Å². The smallest absolute Gasteiger partial charge is 0.314 e. The van der Waals surface area contributed by atoms with Crippen LogP contribution in [-0.4, -0.2) is 22.9 Å². The standard InChI is InChI=1S/C24H16FN3O3S/c25-18-11-12-19-15(13-18)14-20(32-19)21(29)27-28-22(30)24(26-23(28)31,16-7-3-1-4-8-16)17-9-5-2-6-10-17/h1-14H,(H,26,31)(H,27,29). The van der Waals surface area contributed by atoms with E-state index in [9.17, 15) is 18.8 Å². The molecule has 8 heteroatoms. The number of hydrogen-bond donors (Lipinski definition) is 2. The van der Waals surface area contributed by atoms with Gasteiger partial charge in [-0.05, 0) is 40.8 Å². The van der Waals surface area contributed by atoms with Gasteiger partial charge in [0.1, 0.15) is 5.82 Å². The molecule has 4 aromatic rings. The fourth-order valence-corrected chi connectivity index (χ4v) is 4.78. The first-order chi connectivity index (χ1) is 15.5. The number of carbonyl (C=O) groups excluding carboxylic acids is 3. The van der Waals surface area contributed by atoms with Crippen molar-refractivity contribution < 1.29 is 18.8 Å². The molecule has 2 N–H and O–H groups in total. The Morgan fingerprint density at radius 2 is 1.53 bits per heavy atom. The van der Waals surface area contributed by atoms with Gasteiger partial charge < -0.3 is 5.32 Å². The highest BCUT2D eigenvalue weighted by molar-refractivity contribution is 7.20. The van der Waals surface area contributed by atoms with E-state index in [1.165, 1.54) is 18.2 Å². The summed E-state index contributed by atoms with van der Waals surface area (Å²) >= 11 is 1.14. The monoisotopic (exact) mass is 445 g/mol. The van der Waals surface area contributed by atoms with E-state index in [1.54, 1.807) is 54.6 Å². The molecule has 6 nitrogen and oxygen atoms in total. The number of nitrogens with zero attached hydrogens (tertiary/aromatic N) is 1. The molecular formula is C24H16FN3O3S. The van der Waals surface area contributed by atoms with Crippen molar-refractivity contribution in [3.8, 4) is 0 Å². The van der Waals surface area contributed by atoms with E-state index in [4.69, 9.17) is 0 Å². The van der Waals surface area contributed by atoms with Crippen LogP contribution in [-0.2, 0) is 10.3 Å². The highest BCUT2D eigenvalue weighted by Gasteiger charge is 2.54. The molecule has 1 aliphatic rings. The quantitative estimate of drug-likeness (QED) is 0.463. The zero-order valence-electron chi connectivity index (χ0n) is 16.5. The van der Waals surface area contributed by atoms with Crippen LogP contribution in [0.15, 0.2) is 84.9 Å². The van der Waals surface area contributed by atoms with Crippen LogP contribution in [0, 0.1) is 5.82 Å². The highest BCUT2D eigenvalue weighted by atomic mass is 32.1. The van der Waals surface area contributed by atoms with Crippen LogP contribution < -0.4 is 10.7 Å². The molecule has 1 aliphatic heterocycles. The van der Waals surface area contributed by atoms with Crippen LogP contribution in [0.5, 0.6) is 0 Å². The second kappa shape index (κ2) is 7.58. The topological polar surface area (TPSA) is 78.5 Å². The Bertz CT molecular complexity index is 1320. The van der Waals surface area contributed by atoms with Crippen molar-refractivity contribution in [2.45, 2.75) is 5.54 Å². The van der Waals surface area contributed by atoms with Crippen molar-refractivity contribution >= 4 is 39.3 Å². The third-order valence-electron chi connectivity index (χ3n) is 5.35. The van der Waals surface area contributed by atoms with Crippen molar-refractivity contribution in [2.75, 3.05) is 0 Å². The second-order valence-electron chi connectivity index (χ2n) is 7.29. The van der Waals surface area contributed by atoms with Crippen molar-refractivity contribution in [1.82, 2.24) is 15.8 Å². The summed E-state index contributed by atoms with van der Waals surface area (Å²) in [6, 6.07) is 22.7. The summed E-state index contributed by atoms with van der Waals surface area (Å²) in [4.78, 5) is 39.6. The highest BCUT2D eigenvalue weighted by Crippen LogP contribution is 2.35. The first-order valence-electron chi connectivity index (χ1n) is 9.77. The Morgan fingerprint density at radius 3 is 2.16 bits per heavy atom. The van der Waals surface area contributed by atoms with Crippen LogP contribution >= 0.6 is 11.3 Å². The SMILES string of the molecule is O=C(NN1C(=O)NC(c2ccccc2)(c2ccccc2)C1=O)c1cc2cc(F)ccc2s1. The van der Waals surface area contributed by atoms with Gasteiger partial charge in [-0.1, -0.05) is 60.7 Å². The molecule has 2 heterocycles. The zero-order valence-corrected chi connectivity index (χ0v) is 17.4. The Kier molecular flexibility index (Phi) is 4.71. The fourth-order valence-electron chi connectivity index (χ4n) is 3.85. The first-order valence-corrected chi connectivity index (χ1v) is 10.6. The average Bonchev–Trinajstić information content (AvgIpc) is 3.35. The third-order valence-corrected chi connectivity index (χ3v) is 6.47. The third kappa shape index (κ3) is 3.12. The second-order valence-corrected chi connectivity index (χ2v) is 8.37. The van der Waals surface area contributed by atoms with Gasteiger partial charge in [-0.25, -0.2) is 9.18 Å². The van der Waals surface area contributed by atoms with Gasteiger partial charge in [0.25, 0.3) is 11.8 Å². The molecule has 1 saturated heterocycles. The molecule has 0 saturated carbocycles. The fraction of sp³-hybridized carbons (Fsp3) is 0.0417. The normalized spacial score (nSPS) is 15.1. The van der Waals surface area contributed by atoms with E-state index in [0.717, 1.165) is 16.0 Å². The summed E-state index contributed by atoms with van der Waals surface area (Å²) in [5.41, 5.74) is 2.07. The van der Waals surface area contributed by atoms with E-state index in [-0.39, 0.29) is 4.88 Å². The van der Waals surface area contributed by atoms with Crippen molar-refractivity contribution in [3.63, 3.8) is 0 Å². The lowest BCUT2D eigenvalue weighted by molar-refractivity contribution is -0.131. The van der Waals surface area contributed by atoms with Gasteiger partial charge in [-0.3, -0.25) is 15.0 Å². The minimum absolute atomic E-state index is 0.253. The Hall–Kier alpha value is -4.04. The number of urea groups is 1. The number of carbonyl (C=O) groups is 3. The minimum Gasteiger partial charge on any atom is -0.314 e. The molecule has 0 aliphatic carbocycles. The minimum atomic E-state index is -1.48. The van der Waals surface area contributed by atoms with Gasteiger partial charge in [0.15, 0.2) is 5.54 Å². The van der Waals surface area contributed by atoms with Crippen molar-refractivity contribution in [2.24, 2.45) is 0 Å². The molecular weight excluding hydrogens is 429 g/mol. The number of rotatable bonds is 4. The molecule has 0 spiro atoms. The lowest BCUT2D eigenvalue weighted by atomic mass is 9.83. The number of imide groups is 1. The van der Waals surface area contributed by atoms with Crippen LogP contribution in [0.3, 0.4) is 0 Å². The van der Waals surface area contributed by atoms with E-state index >= 15 is 0 Å². The predicted octanol–water partition coefficient (Wildman–Crippen LogP) is 4.18. The largest absolute Gasteiger partial charge is 0.344 e. The molecule has 4 amide bonds. The maximum atomic E-state index is 13.6. The number of thiophene rings is 1. The number of halogens is 1.